The van der Waals surface area contributed by atoms with Crippen molar-refractivity contribution in [2.45, 2.75) is 27.8 Å². The van der Waals surface area contributed by atoms with Crippen LogP contribution in [0.3, 0.4) is 0 Å². The van der Waals surface area contributed by atoms with Gasteiger partial charge in [-0.25, -0.2) is 0 Å². The van der Waals surface area contributed by atoms with E-state index >= 15 is 0 Å². The van der Waals surface area contributed by atoms with E-state index < -0.39 is 0 Å². The number of amides is 2. The van der Waals surface area contributed by atoms with Crippen LogP contribution in [0.15, 0.2) is 8.68 Å². The van der Waals surface area contributed by atoms with E-state index in [2.05, 4.69) is 22.0 Å². The Morgan fingerprint density at radius 3 is 2.52 bits per heavy atom. The highest BCUT2D eigenvalue weighted by atomic mass is 32.2. The molecule has 128 valence electrons. The third-order valence-corrected chi connectivity index (χ3v) is 6.73. The maximum Gasteiger partial charge on any atom is 0.235 e. The second kappa shape index (κ2) is 8.86. The summed E-state index contributed by atoms with van der Waals surface area (Å²) in [6.07, 6.45) is 0. The average Bonchev–Trinajstić information content (AvgIpc) is 2.99. The first kappa shape index (κ1) is 18.5. The zero-order valence-corrected chi connectivity index (χ0v) is 15.7. The zero-order valence-electron chi connectivity index (χ0n) is 13.2. The molecule has 1 aliphatic rings. The van der Waals surface area contributed by atoms with Gasteiger partial charge < -0.3 is 15.5 Å². The number of primary amides is 1. The quantitative estimate of drug-likeness (QED) is 0.703. The molecular formula is C13H21N5O2S3. The van der Waals surface area contributed by atoms with Crippen molar-refractivity contribution in [1.82, 2.24) is 20.0 Å². The third-order valence-electron chi connectivity index (χ3n) is 3.48. The Hall–Kier alpha value is -0.840. The molecule has 1 unspecified atom stereocenters. The lowest BCUT2D eigenvalue weighted by Crippen LogP contribution is -2.50. The summed E-state index contributed by atoms with van der Waals surface area (Å²) < 4.78 is 1.44. The largest absolute Gasteiger partial charge is 0.369 e. The molecule has 0 spiro atoms. The zero-order chi connectivity index (χ0) is 16.8. The predicted octanol–water partition coefficient (Wildman–Crippen LogP) is 0.760. The molecule has 23 heavy (non-hydrogen) atoms. The number of carbonyl (C=O) groups excluding carboxylic acids is 2. The van der Waals surface area contributed by atoms with Gasteiger partial charge >= 0.3 is 0 Å². The summed E-state index contributed by atoms with van der Waals surface area (Å²) in [6, 6.07) is 0. The van der Waals surface area contributed by atoms with Crippen molar-refractivity contribution in [3.8, 4) is 0 Å². The van der Waals surface area contributed by atoms with Crippen molar-refractivity contribution in [3.63, 3.8) is 0 Å². The lowest BCUT2D eigenvalue weighted by molar-refractivity contribution is -0.132. The lowest BCUT2D eigenvalue weighted by atomic mass is 10.3. The van der Waals surface area contributed by atoms with E-state index in [0.717, 1.165) is 37.1 Å². The Kier molecular flexibility index (Phi) is 7.12. The molecule has 1 aromatic heterocycles. The maximum atomic E-state index is 12.5. The van der Waals surface area contributed by atoms with Crippen LogP contribution in [-0.2, 0) is 9.59 Å². The molecule has 0 aliphatic carbocycles. The number of nitrogens with two attached hydrogens (primary N) is 1. The molecule has 0 radical (unpaired) electrons. The summed E-state index contributed by atoms with van der Waals surface area (Å²) in [5.41, 5.74) is 5.11. The monoisotopic (exact) mass is 375 g/mol. The van der Waals surface area contributed by atoms with Crippen LogP contribution in [0.5, 0.6) is 0 Å². The van der Waals surface area contributed by atoms with Gasteiger partial charge in [0.2, 0.25) is 11.8 Å². The summed E-state index contributed by atoms with van der Waals surface area (Å²) in [4.78, 5) is 27.5. The summed E-state index contributed by atoms with van der Waals surface area (Å²) in [5, 5.41) is 7.88. The van der Waals surface area contributed by atoms with Gasteiger partial charge in [-0.1, -0.05) is 41.8 Å². The van der Waals surface area contributed by atoms with Gasteiger partial charge in [-0.3, -0.25) is 9.59 Å². The van der Waals surface area contributed by atoms with Gasteiger partial charge in [0.15, 0.2) is 8.68 Å². The predicted molar refractivity (Wildman–Crippen MR) is 93.8 cm³/mol. The van der Waals surface area contributed by atoms with Crippen LogP contribution in [0.2, 0.25) is 0 Å². The Balaban J connectivity index is 1.83. The van der Waals surface area contributed by atoms with Crippen molar-refractivity contribution in [2.75, 3.05) is 38.5 Å². The van der Waals surface area contributed by atoms with E-state index in [0.29, 0.717) is 4.34 Å². The van der Waals surface area contributed by atoms with Gasteiger partial charge in [0.25, 0.3) is 0 Å². The van der Waals surface area contributed by atoms with E-state index in [-0.39, 0.29) is 22.8 Å². The molecule has 1 saturated heterocycles. The molecule has 0 aromatic carbocycles. The highest BCUT2D eigenvalue weighted by Crippen LogP contribution is 2.31. The number of aromatic nitrogens is 2. The van der Waals surface area contributed by atoms with Gasteiger partial charge in [-0.2, -0.15) is 0 Å². The topological polar surface area (TPSA) is 92.4 Å². The van der Waals surface area contributed by atoms with Crippen molar-refractivity contribution in [1.29, 1.82) is 0 Å². The molecule has 1 aromatic rings. The number of hydrogen-bond acceptors (Lipinski definition) is 8. The maximum absolute atomic E-state index is 12.5. The van der Waals surface area contributed by atoms with Crippen molar-refractivity contribution < 1.29 is 9.59 Å². The molecule has 1 fully saturated rings. The first-order valence-corrected chi connectivity index (χ1v) is 10.1. The highest BCUT2D eigenvalue weighted by molar-refractivity contribution is 8.04. The summed E-state index contributed by atoms with van der Waals surface area (Å²) >= 11 is 4.08. The van der Waals surface area contributed by atoms with Gasteiger partial charge in [-0.15, -0.1) is 10.2 Å². The number of rotatable bonds is 7. The van der Waals surface area contributed by atoms with Crippen LogP contribution >= 0.6 is 34.9 Å². The van der Waals surface area contributed by atoms with Gasteiger partial charge in [-0.05, 0) is 13.5 Å². The van der Waals surface area contributed by atoms with Crippen molar-refractivity contribution in [3.05, 3.63) is 0 Å². The molecule has 0 bridgehead atoms. The molecular weight excluding hydrogens is 354 g/mol. The minimum atomic E-state index is -0.380. The lowest BCUT2D eigenvalue weighted by Gasteiger charge is -2.35. The van der Waals surface area contributed by atoms with E-state index in [1.54, 1.807) is 0 Å². The van der Waals surface area contributed by atoms with Crippen molar-refractivity contribution >= 4 is 46.7 Å². The number of piperazine rings is 1. The molecule has 1 atom stereocenters. The normalized spacial score (nSPS) is 17.2. The van der Waals surface area contributed by atoms with Gasteiger partial charge in [0.05, 0.1) is 11.0 Å². The second-order valence-electron chi connectivity index (χ2n) is 5.11. The van der Waals surface area contributed by atoms with E-state index in [1.807, 2.05) is 11.8 Å². The average molecular weight is 376 g/mol. The minimum absolute atomic E-state index is 0.146. The van der Waals surface area contributed by atoms with Crippen LogP contribution in [0.1, 0.15) is 13.8 Å². The van der Waals surface area contributed by atoms with Crippen LogP contribution in [-0.4, -0.2) is 75.5 Å². The highest BCUT2D eigenvalue weighted by Gasteiger charge is 2.25. The first-order valence-electron chi connectivity index (χ1n) is 7.42. The van der Waals surface area contributed by atoms with Crippen LogP contribution in [0, 0.1) is 0 Å². The number of nitrogens with zero attached hydrogens (tertiary/aromatic N) is 4. The molecule has 2 heterocycles. The SMILES string of the molecule is CCN1CCN(C(=O)C(C)Sc2nnc(SCC(N)=O)s2)CC1. The smallest absolute Gasteiger partial charge is 0.235 e. The Morgan fingerprint density at radius 2 is 1.91 bits per heavy atom. The van der Waals surface area contributed by atoms with Crippen LogP contribution < -0.4 is 5.73 Å². The van der Waals surface area contributed by atoms with Gasteiger partial charge in [0, 0.05) is 26.2 Å². The second-order valence-corrected chi connectivity index (χ2v) is 8.90. The summed E-state index contributed by atoms with van der Waals surface area (Å²) in [6.45, 7) is 8.51. The Morgan fingerprint density at radius 1 is 1.26 bits per heavy atom. The van der Waals surface area contributed by atoms with Gasteiger partial charge in [0.1, 0.15) is 0 Å². The van der Waals surface area contributed by atoms with E-state index in [9.17, 15) is 9.59 Å². The summed E-state index contributed by atoms with van der Waals surface area (Å²) in [7, 11) is 0. The molecule has 2 rings (SSSR count). The molecule has 0 saturated carbocycles. The van der Waals surface area contributed by atoms with E-state index in [4.69, 9.17) is 5.73 Å². The fourth-order valence-electron chi connectivity index (χ4n) is 2.18. The molecule has 7 nitrogen and oxygen atoms in total. The molecule has 2 amide bonds. The molecule has 10 heteroatoms. The van der Waals surface area contributed by atoms with E-state index in [1.165, 1.54) is 34.9 Å². The third kappa shape index (κ3) is 5.63. The molecule has 1 aliphatic heterocycles. The van der Waals surface area contributed by atoms with Crippen LogP contribution in [0.25, 0.3) is 0 Å². The van der Waals surface area contributed by atoms with Crippen LogP contribution in [0.4, 0.5) is 0 Å². The van der Waals surface area contributed by atoms with Crippen molar-refractivity contribution in [2.24, 2.45) is 5.73 Å². The number of thioether (sulfide) groups is 2. The fraction of sp³-hybridized carbons (Fsp3) is 0.692. The number of carbonyl (C=O) groups is 2. The standard InChI is InChI=1S/C13H21N5O2S3/c1-3-17-4-6-18(7-5-17)11(20)9(2)22-13-16-15-12(23-13)21-8-10(14)19/h9H,3-8H2,1-2H3,(H2,14,19). The number of likely N-dealkylation sites (N-methyl/N-ethyl adjacent to an activating group) is 1. The summed E-state index contributed by atoms with van der Waals surface area (Å²) in [5.74, 6) is -0.0448. The first-order chi connectivity index (χ1) is 11.0. The molecule has 2 N–H and O–H groups in total. The Labute approximate surface area is 148 Å². The Bertz CT molecular complexity index is 545. The number of hydrogen-bond donors (Lipinski definition) is 1. The minimum Gasteiger partial charge on any atom is -0.369 e. The fourth-order valence-corrected chi connectivity index (χ4v) is 5.17.